The number of anilines is 1. The Morgan fingerprint density at radius 2 is 1.96 bits per heavy atom. The van der Waals surface area contributed by atoms with Crippen molar-refractivity contribution in [1.82, 2.24) is 10.3 Å². The number of hydrogen-bond donors (Lipinski definition) is 2. The van der Waals surface area contributed by atoms with Gasteiger partial charge < -0.3 is 20.1 Å². The molecule has 0 fully saturated rings. The summed E-state index contributed by atoms with van der Waals surface area (Å²) in [4.78, 5) is 16.3. The van der Waals surface area contributed by atoms with Crippen LogP contribution in [0, 0.1) is 0 Å². The highest BCUT2D eigenvalue weighted by Crippen LogP contribution is 2.27. The maximum Gasteiger partial charge on any atom is 0.255 e. The number of benzene rings is 1. The van der Waals surface area contributed by atoms with Crippen LogP contribution in [-0.2, 0) is 6.42 Å². The van der Waals surface area contributed by atoms with Gasteiger partial charge >= 0.3 is 0 Å². The molecular weight excluding hydrogens is 294 g/mol. The monoisotopic (exact) mass is 315 g/mol. The number of nitrogens with zero attached hydrogens (tertiary/aromatic N) is 1. The predicted molar refractivity (Wildman–Crippen MR) is 89.4 cm³/mol. The molecule has 0 aliphatic rings. The van der Waals surface area contributed by atoms with E-state index in [1.165, 1.54) is 0 Å². The van der Waals surface area contributed by atoms with Gasteiger partial charge in [0.2, 0.25) is 0 Å². The number of carbonyl (C=O) groups is 1. The number of amides is 1. The van der Waals surface area contributed by atoms with Crippen molar-refractivity contribution >= 4 is 11.7 Å². The number of nitrogens with one attached hydrogen (secondary N) is 2. The van der Waals surface area contributed by atoms with Crippen molar-refractivity contribution in [3.05, 3.63) is 47.7 Å². The molecule has 1 heterocycles. The van der Waals surface area contributed by atoms with Crippen molar-refractivity contribution in [2.24, 2.45) is 0 Å². The van der Waals surface area contributed by atoms with Crippen LogP contribution in [0.15, 0.2) is 36.5 Å². The van der Waals surface area contributed by atoms with Crippen molar-refractivity contribution in [2.45, 2.75) is 6.42 Å². The van der Waals surface area contributed by atoms with Gasteiger partial charge in [-0.3, -0.25) is 4.79 Å². The third-order valence-corrected chi connectivity index (χ3v) is 3.44. The quantitative estimate of drug-likeness (QED) is 0.819. The van der Waals surface area contributed by atoms with Gasteiger partial charge in [-0.1, -0.05) is 6.07 Å². The summed E-state index contributed by atoms with van der Waals surface area (Å²) in [5.74, 6) is 1.79. The summed E-state index contributed by atoms with van der Waals surface area (Å²) in [7, 11) is 4.94. The van der Waals surface area contributed by atoms with E-state index in [2.05, 4.69) is 15.6 Å². The second kappa shape index (κ2) is 8.03. The topological polar surface area (TPSA) is 72.5 Å². The highest BCUT2D eigenvalue weighted by Gasteiger charge is 2.11. The first-order chi connectivity index (χ1) is 11.2. The van der Waals surface area contributed by atoms with Crippen molar-refractivity contribution < 1.29 is 14.3 Å². The molecule has 0 saturated heterocycles. The molecule has 0 spiro atoms. The number of carbonyl (C=O) groups excluding carboxylic acids is 1. The van der Waals surface area contributed by atoms with Gasteiger partial charge in [-0.05, 0) is 36.2 Å². The normalized spacial score (nSPS) is 10.0. The number of rotatable bonds is 7. The van der Waals surface area contributed by atoms with Crippen molar-refractivity contribution in [3.8, 4) is 11.5 Å². The molecule has 1 amide bonds. The number of hydrogen-bond acceptors (Lipinski definition) is 5. The van der Waals surface area contributed by atoms with Crippen LogP contribution in [0.25, 0.3) is 0 Å². The van der Waals surface area contributed by atoms with E-state index in [1.54, 1.807) is 39.6 Å². The van der Waals surface area contributed by atoms with Gasteiger partial charge in [0.1, 0.15) is 5.82 Å². The lowest BCUT2D eigenvalue weighted by Gasteiger charge is -2.11. The van der Waals surface area contributed by atoms with Gasteiger partial charge in [-0.25, -0.2) is 4.98 Å². The summed E-state index contributed by atoms with van der Waals surface area (Å²) in [6.07, 6.45) is 2.34. The van der Waals surface area contributed by atoms with E-state index in [4.69, 9.17) is 9.47 Å². The second-order valence-electron chi connectivity index (χ2n) is 4.84. The third-order valence-electron chi connectivity index (χ3n) is 3.44. The number of pyridine rings is 1. The molecule has 0 saturated carbocycles. The minimum atomic E-state index is -0.150. The first-order valence-electron chi connectivity index (χ1n) is 7.31. The molecule has 0 atom stereocenters. The van der Waals surface area contributed by atoms with Gasteiger partial charge in [0, 0.05) is 19.8 Å². The first kappa shape index (κ1) is 16.6. The lowest BCUT2D eigenvalue weighted by Crippen LogP contribution is -2.26. The fourth-order valence-electron chi connectivity index (χ4n) is 2.24. The molecule has 122 valence electrons. The standard InChI is InChI=1S/C17H21N3O3/c1-18-16-13(5-4-9-19-16)17(21)20-10-8-12-6-7-14(22-2)15(11-12)23-3/h4-7,9,11H,8,10H2,1-3H3,(H,18,19)(H,20,21). The lowest BCUT2D eigenvalue weighted by atomic mass is 10.1. The Labute approximate surface area is 135 Å². The Morgan fingerprint density at radius 3 is 2.65 bits per heavy atom. The zero-order chi connectivity index (χ0) is 16.7. The molecule has 2 rings (SSSR count). The maximum absolute atomic E-state index is 12.2. The molecule has 0 bridgehead atoms. The Bertz CT molecular complexity index is 674. The molecule has 0 unspecified atom stereocenters. The molecule has 0 aliphatic heterocycles. The van der Waals surface area contributed by atoms with Crippen LogP contribution in [0.3, 0.4) is 0 Å². The second-order valence-corrected chi connectivity index (χ2v) is 4.84. The molecule has 0 aliphatic carbocycles. The van der Waals surface area contributed by atoms with E-state index in [0.29, 0.717) is 35.8 Å². The zero-order valence-corrected chi connectivity index (χ0v) is 13.6. The van der Waals surface area contributed by atoms with E-state index in [0.717, 1.165) is 5.56 Å². The van der Waals surface area contributed by atoms with Crippen LogP contribution in [0.5, 0.6) is 11.5 Å². The molecule has 2 aromatic rings. The van der Waals surface area contributed by atoms with E-state index in [-0.39, 0.29) is 5.91 Å². The number of aromatic nitrogens is 1. The van der Waals surface area contributed by atoms with Gasteiger partial charge in [0.15, 0.2) is 11.5 Å². The summed E-state index contributed by atoms with van der Waals surface area (Å²) >= 11 is 0. The number of methoxy groups -OCH3 is 2. The third kappa shape index (κ3) is 4.12. The molecule has 2 N–H and O–H groups in total. The SMILES string of the molecule is CNc1ncccc1C(=O)NCCc1ccc(OC)c(OC)c1. The average molecular weight is 315 g/mol. The fraction of sp³-hybridized carbons (Fsp3) is 0.294. The summed E-state index contributed by atoms with van der Waals surface area (Å²) in [5.41, 5.74) is 1.59. The average Bonchev–Trinajstić information content (AvgIpc) is 2.61. The van der Waals surface area contributed by atoms with Gasteiger partial charge in [-0.2, -0.15) is 0 Å². The Morgan fingerprint density at radius 1 is 1.17 bits per heavy atom. The number of ether oxygens (including phenoxy) is 2. The van der Waals surface area contributed by atoms with Crippen LogP contribution in [0.4, 0.5) is 5.82 Å². The van der Waals surface area contributed by atoms with Crippen molar-refractivity contribution in [3.63, 3.8) is 0 Å². The fourth-order valence-corrected chi connectivity index (χ4v) is 2.24. The smallest absolute Gasteiger partial charge is 0.255 e. The summed E-state index contributed by atoms with van der Waals surface area (Å²) in [5, 5.41) is 5.81. The van der Waals surface area contributed by atoms with Crippen LogP contribution >= 0.6 is 0 Å². The largest absolute Gasteiger partial charge is 0.493 e. The lowest BCUT2D eigenvalue weighted by molar-refractivity contribution is 0.0954. The molecule has 23 heavy (non-hydrogen) atoms. The Balaban J connectivity index is 1.95. The molecule has 6 nitrogen and oxygen atoms in total. The van der Waals surface area contributed by atoms with Crippen molar-refractivity contribution in [1.29, 1.82) is 0 Å². The Kier molecular flexibility index (Phi) is 5.80. The summed E-state index contributed by atoms with van der Waals surface area (Å²) in [6.45, 7) is 0.520. The van der Waals surface area contributed by atoms with E-state index in [1.807, 2.05) is 18.2 Å². The van der Waals surface area contributed by atoms with Crippen LogP contribution in [0.1, 0.15) is 15.9 Å². The minimum Gasteiger partial charge on any atom is -0.493 e. The minimum absolute atomic E-state index is 0.150. The highest BCUT2D eigenvalue weighted by atomic mass is 16.5. The van der Waals surface area contributed by atoms with E-state index >= 15 is 0 Å². The predicted octanol–water partition coefficient (Wildman–Crippen LogP) is 2.11. The molecule has 1 aromatic heterocycles. The molecule has 0 radical (unpaired) electrons. The van der Waals surface area contributed by atoms with Gasteiger partial charge in [0.05, 0.1) is 19.8 Å². The maximum atomic E-state index is 12.2. The van der Waals surface area contributed by atoms with Gasteiger partial charge in [0.25, 0.3) is 5.91 Å². The summed E-state index contributed by atoms with van der Waals surface area (Å²) < 4.78 is 10.5. The molecule has 1 aromatic carbocycles. The Hall–Kier alpha value is -2.76. The van der Waals surface area contributed by atoms with E-state index < -0.39 is 0 Å². The first-order valence-corrected chi connectivity index (χ1v) is 7.31. The van der Waals surface area contributed by atoms with E-state index in [9.17, 15) is 4.79 Å². The zero-order valence-electron chi connectivity index (χ0n) is 13.6. The molecule has 6 heteroatoms. The van der Waals surface area contributed by atoms with Crippen LogP contribution in [0.2, 0.25) is 0 Å². The molecular formula is C17H21N3O3. The van der Waals surface area contributed by atoms with Crippen molar-refractivity contribution in [2.75, 3.05) is 33.1 Å². The van der Waals surface area contributed by atoms with Crippen LogP contribution < -0.4 is 20.1 Å². The highest BCUT2D eigenvalue weighted by molar-refractivity contribution is 5.98. The summed E-state index contributed by atoms with van der Waals surface area (Å²) in [6, 6.07) is 9.20. The van der Waals surface area contributed by atoms with Gasteiger partial charge in [-0.15, -0.1) is 0 Å². The van der Waals surface area contributed by atoms with Crippen LogP contribution in [-0.4, -0.2) is 38.7 Å².